The van der Waals surface area contributed by atoms with Gasteiger partial charge in [-0.25, -0.2) is 0 Å². The van der Waals surface area contributed by atoms with Crippen LogP contribution in [0.15, 0.2) is 48.4 Å². The SMILES string of the molecule is O=C1C=C(OC=CC(C(F)(F)F)C(F)(F)F)C(=O)c2ccccc21. The van der Waals surface area contributed by atoms with E-state index in [1.54, 1.807) is 0 Å². The van der Waals surface area contributed by atoms with Crippen LogP contribution in [0.2, 0.25) is 0 Å². The Bertz CT molecular complexity index is 713. The van der Waals surface area contributed by atoms with Crippen molar-refractivity contribution in [3.8, 4) is 0 Å². The lowest BCUT2D eigenvalue weighted by Crippen LogP contribution is -2.34. The Balaban J connectivity index is 2.21. The molecule has 0 atom stereocenters. The number of benzene rings is 1. The average Bonchev–Trinajstić information content (AvgIpc) is 2.46. The highest BCUT2D eigenvalue weighted by Crippen LogP contribution is 2.40. The molecule has 1 aliphatic carbocycles. The maximum absolute atomic E-state index is 12.4. The van der Waals surface area contributed by atoms with Crippen molar-refractivity contribution >= 4 is 11.6 Å². The molecule has 0 amide bonds. The Kier molecular flexibility index (Phi) is 4.54. The molecule has 0 aromatic heterocycles. The molecule has 3 nitrogen and oxygen atoms in total. The second-order valence-corrected chi connectivity index (χ2v) is 4.75. The monoisotopic (exact) mass is 350 g/mol. The number of ketones is 2. The van der Waals surface area contributed by atoms with Crippen LogP contribution >= 0.6 is 0 Å². The molecule has 0 bridgehead atoms. The summed E-state index contributed by atoms with van der Waals surface area (Å²) in [6.45, 7) is 0. The summed E-state index contributed by atoms with van der Waals surface area (Å²) in [5, 5.41) is 0. The van der Waals surface area contributed by atoms with Gasteiger partial charge in [-0.3, -0.25) is 9.59 Å². The first-order chi connectivity index (χ1) is 11.0. The van der Waals surface area contributed by atoms with Crippen LogP contribution in [0.4, 0.5) is 26.3 Å². The summed E-state index contributed by atoms with van der Waals surface area (Å²) >= 11 is 0. The minimum atomic E-state index is -5.56. The molecule has 0 unspecified atom stereocenters. The number of rotatable bonds is 3. The smallest absolute Gasteiger partial charge is 0.403 e. The lowest BCUT2D eigenvalue weighted by Gasteiger charge is -2.19. The number of Topliss-reactive ketones (excluding diaryl/α,β-unsaturated/α-hetero) is 1. The predicted octanol–water partition coefficient (Wildman–Crippen LogP) is 4.22. The molecule has 1 aromatic carbocycles. The van der Waals surface area contributed by atoms with Crippen molar-refractivity contribution in [2.75, 3.05) is 0 Å². The molecule has 0 aliphatic heterocycles. The molecule has 0 heterocycles. The summed E-state index contributed by atoms with van der Waals surface area (Å²) in [5.41, 5.74) is 0.0267. The number of carbonyl (C=O) groups is 2. The van der Waals surface area contributed by atoms with Crippen LogP contribution in [-0.4, -0.2) is 23.9 Å². The second-order valence-electron chi connectivity index (χ2n) is 4.75. The van der Waals surface area contributed by atoms with Crippen molar-refractivity contribution < 1.29 is 40.7 Å². The molecule has 1 aromatic rings. The number of carbonyl (C=O) groups excluding carboxylic acids is 2. The van der Waals surface area contributed by atoms with Crippen molar-refractivity contribution in [3.63, 3.8) is 0 Å². The predicted molar refractivity (Wildman–Crippen MR) is 69.0 cm³/mol. The minimum Gasteiger partial charge on any atom is -0.461 e. The van der Waals surface area contributed by atoms with E-state index >= 15 is 0 Å². The normalized spacial score (nSPS) is 15.7. The quantitative estimate of drug-likeness (QED) is 0.606. The van der Waals surface area contributed by atoms with Crippen molar-refractivity contribution in [1.29, 1.82) is 0 Å². The van der Waals surface area contributed by atoms with Gasteiger partial charge in [0, 0.05) is 17.2 Å². The van der Waals surface area contributed by atoms with Gasteiger partial charge in [-0.2, -0.15) is 26.3 Å². The zero-order valence-corrected chi connectivity index (χ0v) is 11.6. The highest BCUT2D eigenvalue weighted by Gasteiger charge is 2.55. The molecule has 0 N–H and O–H groups in total. The number of allylic oxidation sites excluding steroid dienone is 3. The first kappa shape index (κ1) is 17.8. The number of ether oxygens (including phenoxy) is 1. The number of alkyl halides is 6. The van der Waals surface area contributed by atoms with Crippen LogP contribution in [-0.2, 0) is 4.74 Å². The van der Waals surface area contributed by atoms with Crippen molar-refractivity contribution in [2.45, 2.75) is 12.4 Å². The third-order valence-electron chi connectivity index (χ3n) is 3.09. The van der Waals surface area contributed by atoms with E-state index in [0.717, 1.165) is 0 Å². The van der Waals surface area contributed by atoms with Gasteiger partial charge in [-0.15, -0.1) is 0 Å². The van der Waals surface area contributed by atoms with Gasteiger partial charge in [-0.05, 0) is 6.08 Å². The molecular weight excluding hydrogens is 342 g/mol. The summed E-state index contributed by atoms with van der Waals surface area (Å²) in [7, 11) is 0. The number of hydrogen-bond acceptors (Lipinski definition) is 3. The highest BCUT2D eigenvalue weighted by molar-refractivity contribution is 6.23. The summed E-state index contributed by atoms with van der Waals surface area (Å²) in [4.78, 5) is 23.8. The van der Waals surface area contributed by atoms with Crippen LogP contribution in [0.25, 0.3) is 0 Å². The van der Waals surface area contributed by atoms with Gasteiger partial charge in [0.2, 0.25) is 5.78 Å². The molecule has 1 aliphatic rings. The Morgan fingerprint density at radius 1 is 0.917 bits per heavy atom. The standard InChI is InChI=1S/C15H8F6O3/c16-14(17,18)12(15(19,20)21)5-6-24-11-7-10(22)8-3-1-2-4-9(8)13(11)23/h1-7,12H. The van der Waals surface area contributed by atoms with Crippen molar-refractivity contribution in [2.24, 2.45) is 5.92 Å². The fourth-order valence-electron chi connectivity index (χ4n) is 1.97. The van der Waals surface area contributed by atoms with Crippen LogP contribution in [0.3, 0.4) is 0 Å². The summed E-state index contributed by atoms with van der Waals surface area (Å²) < 4.78 is 78.7. The van der Waals surface area contributed by atoms with E-state index in [-0.39, 0.29) is 23.5 Å². The molecule has 0 spiro atoms. The van der Waals surface area contributed by atoms with E-state index in [2.05, 4.69) is 4.74 Å². The lowest BCUT2D eigenvalue weighted by molar-refractivity contribution is -0.268. The molecule has 0 radical (unpaired) electrons. The molecule has 128 valence electrons. The molecule has 2 rings (SSSR count). The molecule has 9 heteroatoms. The zero-order valence-electron chi connectivity index (χ0n) is 11.6. The number of hydrogen-bond donors (Lipinski definition) is 0. The fraction of sp³-hybridized carbons (Fsp3) is 0.200. The van der Waals surface area contributed by atoms with E-state index in [0.29, 0.717) is 6.08 Å². The second kappa shape index (κ2) is 6.14. The lowest BCUT2D eigenvalue weighted by atomic mass is 9.94. The van der Waals surface area contributed by atoms with Gasteiger partial charge in [0.1, 0.15) is 0 Å². The van der Waals surface area contributed by atoms with Gasteiger partial charge in [0.15, 0.2) is 17.5 Å². The van der Waals surface area contributed by atoms with Crippen molar-refractivity contribution in [1.82, 2.24) is 0 Å². The molecule has 0 saturated carbocycles. The van der Waals surface area contributed by atoms with E-state index in [1.165, 1.54) is 24.3 Å². The largest absolute Gasteiger partial charge is 0.461 e. The Hall–Kier alpha value is -2.58. The van der Waals surface area contributed by atoms with Crippen LogP contribution in [0, 0.1) is 5.92 Å². The summed E-state index contributed by atoms with van der Waals surface area (Å²) in [6.07, 6.45) is -10.6. The van der Waals surface area contributed by atoms with Crippen molar-refractivity contribution in [3.05, 3.63) is 59.6 Å². The maximum Gasteiger partial charge on any atom is 0.403 e. The Morgan fingerprint density at radius 3 is 2.00 bits per heavy atom. The summed E-state index contributed by atoms with van der Waals surface area (Å²) in [6, 6.07) is 5.61. The van der Waals surface area contributed by atoms with E-state index in [9.17, 15) is 35.9 Å². The maximum atomic E-state index is 12.4. The third-order valence-corrected chi connectivity index (χ3v) is 3.09. The Labute approximate surface area is 131 Å². The molecule has 0 fully saturated rings. The van der Waals surface area contributed by atoms with Crippen LogP contribution < -0.4 is 0 Å². The zero-order chi connectivity index (χ0) is 18.1. The van der Waals surface area contributed by atoms with Crippen LogP contribution in [0.1, 0.15) is 20.7 Å². The minimum absolute atomic E-state index is 0.0448. The third kappa shape index (κ3) is 3.66. The van der Waals surface area contributed by atoms with E-state index in [1.807, 2.05) is 0 Å². The van der Waals surface area contributed by atoms with E-state index < -0.39 is 35.6 Å². The number of fused-ring (bicyclic) bond motifs is 1. The van der Waals surface area contributed by atoms with Gasteiger partial charge < -0.3 is 4.74 Å². The van der Waals surface area contributed by atoms with Gasteiger partial charge in [0.05, 0.1) is 6.26 Å². The molecular formula is C15H8F6O3. The Morgan fingerprint density at radius 2 is 1.46 bits per heavy atom. The highest BCUT2D eigenvalue weighted by atomic mass is 19.4. The fourth-order valence-corrected chi connectivity index (χ4v) is 1.97. The van der Waals surface area contributed by atoms with Gasteiger partial charge >= 0.3 is 12.4 Å². The van der Waals surface area contributed by atoms with Gasteiger partial charge in [0.25, 0.3) is 0 Å². The van der Waals surface area contributed by atoms with Crippen LogP contribution in [0.5, 0.6) is 0 Å². The van der Waals surface area contributed by atoms with Gasteiger partial charge in [-0.1, -0.05) is 24.3 Å². The number of halogens is 6. The van der Waals surface area contributed by atoms with E-state index in [4.69, 9.17) is 0 Å². The topological polar surface area (TPSA) is 43.4 Å². The summed E-state index contributed by atoms with van der Waals surface area (Å²) in [5.74, 6) is -5.85. The first-order valence-electron chi connectivity index (χ1n) is 6.38. The average molecular weight is 350 g/mol. The first-order valence-corrected chi connectivity index (χ1v) is 6.38. The molecule has 24 heavy (non-hydrogen) atoms. The molecule has 0 saturated heterocycles.